The molecule has 0 aromatic heterocycles. The number of likely N-dealkylation sites (N-methyl/N-ethyl adjacent to an activating group) is 1. The summed E-state index contributed by atoms with van der Waals surface area (Å²) in [5.41, 5.74) is 0.178. The van der Waals surface area contributed by atoms with Crippen molar-refractivity contribution >= 4 is 5.91 Å². The van der Waals surface area contributed by atoms with E-state index in [9.17, 15) is 4.79 Å². The largest absolute Gasteiger partial charge is 0.378 e. The third-order valence-corrected chi connectivity index (χ3v) is 4.94. The molecular formula is C14H26N2O2. The number of hydrogen-bond acceptors (Lipinski definition) is 3. The molecule has 0 spiro atoms. The molecule has 4 heteroatoms. The Kier molecular flexibility index (Phi) is 3.97. The van der Waals surface area contributed by atoms with E-state index >= 15 is 0 Å². The van der Waals surface area contributed by atoms with Crippen LogP contribution in [0, 0.1) is 5.41 Å². The topological polar surface area (TPSA) is 41.6 Å². The lowest BCUT2D eigenvalue weighted by Crippen LogP contribution is -2.64. The van der Waals surface area contributed by atoms with Crippen LogP contribution in [0.2, 0.25) is 0 Å². The Morgan fingerprint density at radius 2 is 2.22 bits per heavy atom. The molecule has 4 atom stereocenters. The summed E-state index contributed by atoms with van der Waals surface area (Å²) in [6.07, 6.45) is 3.40. The molecule has 2 aliphatic rings. The Bertz CT molecular complexity index is 321. The maximum absolute atomic E-state index is 11.9. The minimum atomic E-state index is 0.0217. The first-order valence-corrected chi connectivity index (χ1v) is 7.15. The summed E-state index contributed by atoms with van der Waals surface area (Å²) in [5.74, 6) is 0.244. The molecule has 0 bridgehead atoms. The molecule has 1 heterocycles. The zero-order valence-corrected chi connectivity index (χ0v) is 12.0. The van der Waals surface area contributed by atoms with E-state index in [1.165, 1.54) is 0 Å². The fraction of sp³-hybridized carbons (Fsp3) is 0.929. The van der Waals surface area contributed by atoms with Gasteiger partial charge in [0, 0.05) is 31.7 Å². The van der Waals surface area contributed by atoms with E-state index in [2.05, 4.69) is 19.2 Å². The van der Waals surface area contributed by atoms with Gasteiger partial charge in [-0.2, -0.15) is 0 Å². The van der Waals surface area contributed by atoms with Crippen LogP contribution < -0.4 is 5.32 Å². The van der Waals surface area contributed by atoms with Crippen molar-refractivity contribution in [3.63, 3.8) is 0 Å². The summed E-state index contributed by atoms with van der Waals surface area (Å²) >= 11 is 0. The zero-order chi connectivity index (χ0) is 13.3. The maximum Gasteiger partial charge on any atom is 0.239 e. The average Bonchev–Trinajstić information content (AvgIpc) is 2.68. The number of hydrogen-bond donors (Lipinski definition) is 1. The minimum absolute atomic E-state index is 0.0217. The molecule has 1 saturated heterocycles. The van der Waals surface area contributed by atoms with Gasteiger partial charge in [-0.15, -0.1) is 0 Å². The molecular weight excluding hydrogens is 228 g/mol. The first-order chi connectivity index (χ1) is 8.52. The van der Waals surface area contributed by atoms with Crippen molar-refractivity contribution in [3.8, 4) is 0 Å². The van der Waals surface area contributed by atoms with E-state index in [0.717, 1.165) is 32.4 Å². The standard InChI is InChI=1S/C14H26N2O2/c1-5-14(3)11(9-12(14)18-6-2)15-10-7-8-16(4)13(10)17/h10-12,15H,5-9H2,1-4H3. The number of rotatable bonds is 5. The molecule has 0 aromatic carbocycles. The van der Waals surface area contributed by atoms with Crippen LogP contribution in [0.25, 0.3) is 0 Å². The van der Waals surface area contributed by atoms with Gasteiger partial charge in [-0.05, 0) is 26.2 Å². The molecule has 4 unspecified atom stereocenters. The number of amides is 1. The third kappa shape index (κ3) is 2.16. The molecule has 2 fully saturated rings. The second kappa shape index (κ2) is 5.17. The molecule has 1 aliphatic heterocycles. The fourth-order valence-corrected chi connectivity index (χ4v) is 3.23. The van der Waals surface area contributed by atoms with Gasteiger partial charge in [0.15, 0.2) is 0 Å². The number of likely N-dealkylation sites (tertiary alicyclic amines) is 1. The molecule has 18 heavy (non-hydrogen) atoms. The number of nitrogens with one attached hydrogen (secondary N) is 1. The van der Waals surface area contributed by atoms with Gasteiger partial charge in [0.1, 0.15) is 0 Å². The molecule has 104 valence electrons. The van der Waals surface area contributed by atoms with Crippen LogP contribution in [0.1, 0.15) is 40.0 Å². The molecule has 1 saturated carbocycles. The fourth-order valence-electron chi connectivity index (χ4n) is 3.23. The predicted molar refractivity (Wildman–Crippen MR) is 71.4 cm³/mol. The van der Waals surface area contributed by atoms with Crippen LogP contribution in [0.3, 0.4) is 0 Å². The number of carbonyl (C=O) groups is 1. The van der Waals surface area contributed by atoms with Crippen molar-refractivity contribution in [2.24, 2.45) is 5.41 Å². The quantitative estimate of drug-likeness (QED) is 0.806. The first kappa shape index (κ1) is 13.8. The van der Waals surface area contributed by atoms with Gasteiger partial charge in [-0.3, -0.25) is 4.79 Å². The van der Waals surface area contributed by atoms with Crippen molar-refractivity contribution in [2.45, 2.75) is 58.2 Å². The van der Waals surface area contributed by atoms with E-state index < -0.39 is 0 Å². The van der Waals surface area contributed by atoms with Crippen LogP contribution in [0.4, 0.5) is 0 Å². The van der Waals surface area contributed by atoms with Gasteiger partial charge in [-0.25, -0.2) is 0 Å². The normalized spacial score (nSPS) is 40.1. The van der Waals surface area contributed by atoms with E-state index in [-0.39, 0.29) is 17.4 Å². The lowest BCUT2D eigenvalue weighted by Gasteiger charge is -2.54. The lowest BCUT2D eigenvalue weighted by molar-refractivity contribution is -0.137. The summed E-state index contributed by atoms with van der Waals surface area (Å²) in [5, 5.41) is 3.55. The van der Waals surface area contributed by atoms with E-state index in [4.69, 9.17) is 4.74 Å². The van der Waals surface area contributed by atoms with Crippen molar-refractivity contribution in [1.82, 2.24) is 10.2 Å². The van der Waals surface area contributed by atoms with Crippen LogP contribution in [-0.2, 0) is 9.53 Å². The Morgan fingerprint density at radius 3 is 2.72 bits per heavy atom. The highest BCUT2D eigenvalue weighted by molar-refractivity contribution is 5.83. The van der Waals surface area contributed by atoms with E-state index in [0.29, 0.717) is 12.1 Å². The SMILES string of the molecule is CCOC1CC(NC2CCN(C)C2=O)C1(C)CC. The van der Waals surface area contributed by atoms with Crippen molar-refractivity contribution in [2.75, 3.05) is 20.2 Å². The van der Waals surface area contributed by atoms with Gasteiger partial charge in [-0.1, -0.05) is 13.8 Å². The second-order valence-corrected chi connectivity index (χ2v) is 5.86. The summed E-state index contributed by atoms with van der Waals surface area (Å²) < 4.78 is 5.79. The maximum atomic E-state index is 11.9. The number of nitrogens with zero attached hydrogens (tertiary/aromatic N) is 1. The Morgan fingerprint density at radius 1 is 1.50 bits per heavy atom. The summed E-state index contributed by atoms with van der Waals surface area (Å²) in [4.78, 5) is 13.7. The number of carbonyl (C=O) groups excluding carboxylic acids is 1. The van der Waals surface area contributed by atoms with E-state index in [1.807, 2.05) is 18.9 Å². The highest BCUT2D eigenvalue weighted by Crippen LogP contribution is 2.46. The Balaban J connectivity index is 1.93. The average molecular weight is 254 g/mol. The molecule has 1 aliphatic carbocycles. The smallest absolute Gasteiger partial charge is 0.239 e. The summed E-state index contributed by atoms with van der Waals surface area (Å²) in [7, 11) is 1.88. The molecule has 4 nitrogen and oxygen atoms in total. The molecule has 1 amide bonds. The monoisotopic (exact) mass is 254 g/mol. The van der Waals surface area contributed by atoms with Gasteiger partial charge in [0.25, 0.3) is 0 Å². The summed E-state index contributed by atoms with van der Waals surface area (Å²) in [6, 6.07) is 0.438. The first-order valence-electron chi connectivity index (χ1n) is 7.15. The molecule has 0 radical (unpaired) electrons. The minimum Gasteiger partial charge on any atom is -0.378 e. The highest BCUT2D eigenvalue weighted by atomic mass is 16.5. The van der Waals surface area contributed by atoms with Crippen molar-refractivity contribution in [1.29, 1.82) is 0 Å². The van der Waals surface area contributed by atoms with Gasteiger partial charge < -0.3 is 15.0 Å². The molecule has 0 aromatic rings. The molecule has 2 rings (SSSR count). The highest BCUT2D eigenvalue weighted by Gasteiger charge is 2.52. The van der Waals surface area contributed by atoms with Gasteiger partial charge in [0.2, 0.25) is 5.91 Å². The van der Waals surface area contributed by atoms with Crippen LogP contribution in [0.5, 0.6) is 0 Å². The third-order valence-electron chi connectivity index (χ3n) is 4.94. The van der Waals surface area contributed by atoms with E-state index in [1.54, 1.807) is 0 Å². The second-order valence-electron chi connectivity index (χ2n) is 5.86. The van der Waals surface area contributed by atoms with Crippen LogP contribution in [-0.4, -0.2) is 49.2 Å². The van der Waals surface area contributed by atoms with Crippen LogP contribution in [0.15, 0.2) is 0 Å². The van der Waals surface area contributed by atoms with Crippen molar-refractivity contribution < 1.29 is 9.53 Å². The summed E-state index contributed by atoms with van der Waals surface area (Å²) in [6.45, 7) is 8.19. The molecule has 1 N–H and O–H groups in total. The Labute approximate surface area is 110 Å². The van der Waals surface area contributed by atoms with Crippen molar-refractivity contribution in [3.05, 3.63) is 0 Å². The zero-order valence-electron chi connectivity index (χ0n) is 12.0. The van der Waals surface area contributed by atoms with Gasteiger partial charge >= 0.3 is 0 Å². The lowest BCUT2D eigenvalue weighted by atomic mass is 9.61. The predicted octanol–water partition coefficient (Wildman–Crippen LogP) is 1.40. The Hall–Kier alpha value is -0.610. The van der Waals surface area contributed by atoms with Gasteiger partial charge in [0.05, 0.1) is 12.1 Å². The number of ether oxygens (including phenoxy) is 1. The van der Waals surface area contributed by atoms with Crippen LogP contribution >= 0.6 is 0 Å².